The minimum absolute atomic E-state index is 0.0661. The molecule has 1 aliphatic rings. The fourth-order valence-electron chi connectivity index (χ4n) is 2.73. The number of sulfonamides is 1. The molecule has 7 nitrogen and oxygen atoms in total. The Labute approximate surface area is 147 Å². The van der Waals surface area contributed by atoms with E-state index in [1.165, 1.54) is 23.5 Å². The molecule has 0 saturated carbocycles. The first-order valence-electron chi connectivity index (χ1n) is 7.40. The molecule has 0 saturated heterocycles. The number of fused-ring (bicyclic) bond motifs is 1. The lowest BCUT2D eigenvalue weighted by Crippen LogP contribution is -2.29. The van der Waals surface area contributed by atoms with Crippen LogP contribution in [0.3, 0.4) is 0 Å². The van der Waals surface area contributed by atoms with E-state index in [9.17, 15) is 16.8 Å². The van der Waals surface area contributed by atoms with Crippen LogP contribution in [-0.2, 0) is 26.6 Å². The highest BCUT2D eigenvalue weighted by atomic mass is 32.2. The highest BCUT2D eigenvalue weighted by molar-refractivity contribution is 7.92. The van der Waals surface area contributed by atoms with Gasteiger partial charge < -0.3 is 8.92 Å². The van der Waals surface area contributed by atoms with Crippen LogP contribution in [0.5, 0.6) is 11.5 Å². The van der Waals surface area contributed by atoms with Gasteiger partial charge in [-0.3, -0.25) is 4.31 Å². The largest absolute Gasteiger partial charge is 0.493 e. The third-order valence-corrected chi connectivity index (χ3v) is 6.10. The Morgan fingerprint density at radius 3 is 2.40 bits per heavy atom. The maximum Gasteiger partial charge on any atom is 0.306 e. The summed E-state index contributed by atoms with van der Waals surface area (Å²) < 4.78 is 60.0. The van der Waals surface area contributed by atoms with Gasteiger partial charge in [-0.15, -0.1) is 0 Å². The van der Waals surface area contributed by atoms with Crippen LogP contribution in [0.15, 0.2) is 47.4 Å². The van der Waals surface area contributed by atoms with Crippen molar-refractivity contribution in [2.75, 3.05) is 24.2 Å². The summed E-state index contributed by atoms with van der Waals surface area (Å²) in [5.74, 6) is -0.0373. The summed E-state index contributed by atoms with van der Waals surface area (Å²) in [5, 5.41) is 0. The highest BCUT2D eigenvalue weighted by Crippen LogP contribution is 2.36. The van der Waals surface area contributed by atoms with Crippen molar-refractivity contribution in [3.8, 4) is 11.5 Å². The van der Waals surface area contributed by atoms with Crippen LogP contribution >= 0.6 is 0 Å². The molecule has 1 aliphatic heterocycles. The van der Waals surface area contributed by atoms with Crippen LogP contribution in [0.2, 0.25) is 0 Å². The van der Waals surface area contributed by atoms with E-state index in [2.05, 4.69) is 0 Å². The second-order valence-corrected chi connectivity index (χ2v) is 8.99. The van der Waals surface area contributed by atoms with Gasteiger partial charge in [-0.1, -0.05) is 18.2 Å². The average Bonchev–Trinajstić information content (AvgIpc) is 2.98. The van der Waals surface area contributed by atoms with Crippen LogP contribution in [0.4, 0.5) is 5.69 Å². The van der Waals surface area contributed by atoms with Crippen molar-refractivity contribution in [2.24, 2.45) is 0 Å². The first-order valence-corrected chi connectivity index (χ1v) is 10.7. The van der Waals surface area contributed by atoms with Crippen molar-refractivity contribution in [3.63, 3.8) is 0 Å². The minimum Gasteiger partial charge on any atom is -0.493 e. The Hall–Kier alpha value is -2.26. The molecule has 0 bridgehead atoms. The topological polar surface area (TPSA) is 90.0 Å². The number of ether oxygens (including phenoxy) is 1. The van der Waals surface area contributed by atoms with E-state index in [1.807, 2.05) is 12.1 Å². The third-order valence-electron chi connectivity index (χ3n) is 3.81. The second-order valence-electron chi connectivity index (χ2n) is 5.56. The van der Waals surface area contributed by atoms with Crippen LogP contribution in [-0.4, -0.2) is 36.7 Å². The molecule has 0 amide bonds. The van der Waals surface area contributed by atoms with Gasteiger partial charge in [0.1, 0.15) is 0 Å². The number of anilines is 1. The van der Waals surface area contributed by atoms with Gasteiger partial charge in [-0.05, 0) is 30.2 Å². The second kappa shape index (κ2) is 6.23. The molecule has 0 radical (unpaired) electrons. The van der Waals surface area contributed by atoms with Gasteiger partial charge in [0.15, 0.2) is 11.5 Å². The van der Waals surface area contributed by atoms with Crippen molar-refractivity contribution in [1.29, 1.82) is 0 Å². The first-order chi connectivity index (χ1) is 11.7. The Balaban J connectivity index is 2.05. The Bertz CT molecular complexity index is 1010. The summed E-state index contributed by atoms with van der Waals surface area (Å²) in [5.41, 5.74) is 1.58. The van der Waals surface area contributed by atoms with Gasteiger partial charge in [0.05, 0.1) is 23.9 Å². The Morgan fingerprint density at radius 1 is 1.00 bits per heavy atom. The van der Waals surface area contributed by atoms with Crippen LogP contribution in [0.25, 0.3) is 0 Å². The molecule has 1 heterocycles. The summed E-state index contributed by atoms with van der Waals surface area (Å²) in [6.07, 6.45) is 1.50. The van der Waals surface area contributed by atoms with Crippen LogP contribution in [0.1, 0.15) is 5.56 Å². The van der Waals surface area contributed by atoms with Crippen molar-refractivity contribution in [1.82, 2.24) is 0 Å². The fraction of sp³-hybridized carbons (Fsp3) is 0.250. The Kier molecular flexibility index (Phi) is 4.38. The number of methoxy groups -OCH3 is 1. The number of nitrogens with zero attached hydrogens (tertiary/aromatic N) is 1. The zero-order valence-corrected chi connectivity index (χ0v) is 15.3. The number of rotatable bonds is 5. The summed E-state index contributed by atoms with van der Waals surface area (Å²) in [4.78, 5) is -0.0661. The summed E-state index contributed by atoms with van der Waals surface area (Å²) in [6.45, 7) is 0.329. The molecule has 9 heteroatoms. The lowest BCUT2D eigenvalue weighted by molar-refractivity contribution is 0.390. The predicted octanol–water partition coefficient (Wildman–Crippen LogP) is 1.79. The van der Waals surface area contributed by atoms with E-state index in [0.29, 0.717) is 18.7 Å². The van der Waals surface area contributed by atoms with Gasteiger partial charge in [0.2, 0.25) is 0 Å². The maximum absolute atomic E-state index is 13.0. The van der Waals surface area contributed by atoms with Gasteiger partial charge in [0.25, 0.3) is 10.0 Å². The van der Waals surface area contributed by atoms with E-state index in [1.54, 1.807) is 12.1 Å². The molecule has 3 rings (SSSR count). The van der Waals surface area contributed by atoms with Crippen molar-refractivity contribution < 1.29 is 25.8 Å². The van der Waals surface area contributed by atoms with E-state index in [-0.39, 0.29) is 16.4 Å². The number of benzene rings is 2. The standard InChI is InChI=1S/C16H17NO6S2/c1-22-15-8-7-13(11-16(15)23-24(2,18)19)25(20,21)17-10-9-12-5-3-4-6-14(12)17/h3-8,11H,9-10H2,1-2H3. The predicted molar refractivity (Wildman–Crippen MR) is 93.1 cm³/mol. The first kappa shape index (κ1) is 17.6. The van der Waals surface area contributed by atoms with E-state index < -0.39 is 20.1 Å². The molecular formula is C16H17NO6S2. The molecule has 0 unspecified atom stereocenters. The zero-order valence-electron chi connectivity index (χ0n) is 13.7. The minimum atomic E-state index is -3.85. The molecule has 2 aromatic rings. The molecule has 25 heavy (non-hydrogen) atoms. The van der Waals surface area contributed by atoms with Crippen LogP contribution in [0, 0.1) is 0 Å². The molecule has 0 aliphatic carbocycles. The monoisotopic (exact) mass is 383 g/mol. The van der Waals surface area contributed by atoms with Gasteiger partial charge in [-0.2, -0.15) is 8.42 Å². The van der Waals surface area contributed by atoms with Crippen molar-refractivity contribution in [3.05, 3.63) is 48.0 Å². The smallest absolute Gasteiger partial charge is 0.306 e. The summed E-state index contributed by atoms with van der Waals surface area (Å²) in [7, 11) is -6.34. The maximum atomic E-state index is 13.0. The summed E-state index contributed by atoms with van der Waals surface area (Å²) in [6, 6.07) is 11.2. The van der Waals surface area contributed by atoms with E-state index in [4.69, 9.17) is 8.92 Å². The molecule has 0 aromatic heterocycles. The van der Waals surface area contributed by atoms with Gasteiger partial charge in [-0.25, -0.2) is 8.42 Å². The quantitative estimate of drug-likeness (QED) is 0.731. The molecule has 134 valence electrons. The van der Waals surface area contributed by atoms with Gasteiger partial charge >= 0.3 is 10.1 Å². The molecule has 0 spiro atoms. The highest BCUT2D eigenvalue weighted by Gasteiger charge is 2.31. The van der Waals surface area contributed by atoms with E-state index in [0.717, 1.165) is 17.9 Å². The number of para-hydroxylation sites is 1. The SMILES string of the molecule is COc1ccc(S(=O)(=O)N2CCc3ccccc32)cc1OS(C)(=O)=O. The number of hydrogen-bond acceptors (Lipinski definition) is 6. The summed E-state index contributed by atoms with van der Waals surface area (Å²) >= 11 is 0. The van der Waals surface area contributed by atoms with E-state index >= 15 is 0 Å². The van der Waals surface area contributed by atoms with Crippen LogP contribution < -0.4 is 13.2 Å². The normalized spacial score (nSPS) is 14.2. The molecule has 2 aromatic carbocycles. The lowest BCUT2D eigenvalue weighted by atomic mass is 10.2. The molecule has 0 atom stereocenters. The third kappa shape index (κ3) is 3.42. The molecular weight excluding hydrogens is 366 g/mol. The molecule has 0 N–H and O–H groups in total. The average molecular weight is 383 g/mol. The lowest BCUT2D eigenvalue weighted by Gasteiger charge is -2.20. The van der Waals surface area contributed by atoms with Gasteiger partial charge in [0, 0.05) is 12.6 Å². The Morgan fingerprint density at radius 2 is 1.72 bits per heavy atom. The fourth-order valence-corrected chi connectivity index (χ4v) is 4.71. The van der Waals surface area contributed by atoms with Crippen molar-refractivity contribution >= 4 is 25.8 Å². The zero-order chi connectivity index (χ0) is 18.2. The number of hydrogen-bond donors (Lipinski definition) is 0. The molecule has 0 fully saturated rings. The van der Waals surface area contributed by atoms with Crippen molar-refractivity contribution in [2.45, 2.75) is 11.3 Å².